The minimum Gasteiger partial charge on any atom is -0.493 e. The van der Waals surface area contributed by atoms with Gasteiger partial charge in [-0.2, -0.15) is 0 Å². The molecule has 1 aliphatic heterocycles. The van der Waals surface area contributed by atoms with Crippen molar-refractivity contribution in [1.29, 1.82) is 0 Å². The van der Waals surface area contributed by atoms with Crippen LogP contribution >= 0.6 is 11.6 Å². The Morgan fingerprint density at radius 2 is 1.86 bits per heavy atom. The van der Waals surface area contributed by atoms with Gasteiger partial charge in [-0.3, -0.25) is 9.27 Å². The zero-order valence-corrected chi connectivity index (χ0v) is 17.6. The van der Waals surface area contributed by atoms with Crippen LogP contribution in [0.5, 0.6) is 5.75 Å². The van der Waals surface area contributed by atoms with Gasteiger partial charge in [-0.25, -0.2) is 14.2 Å². The van der Waals surface area contributed by atoms with E-state index in [1.807, 2.05) is 12.1 Å². The molecule has 1 saturated carbocycles. The second kappa shape index (κ2) is 9.28. The summed E-state index contributed by atoms with van der Waals surface area (Å²) in [5, 5.41) is 0.569. The lowest BCUT2D eigenvalue weighted by Gasteiger charge is -2.32. The van der Waals surface area contributed by atoms with Gasteiger partial charge in [-0.1, -0.05) is 11.6 Å². The maximum atomic E-state index is 10.7. The number of ether oxygens (including phenoxy) is 1. The number of halogens is 1. The molecule has 1 aromatic heterocycles. The summed E-state index contributed by atoms with van der Waals surface area (Å²) in [6.07, 6.45) is 8.18. The predicted molar refractivity (Wildman–Crippen MR) is 115 cm³/mol. The molecule has 0 radical (unpaired) electrons. The number of benzene rings is 1. The van der Waals surface area contributed by atoms with E-state index in [0.717, 1.165) is 43.2 Å². The number of rotatable bonds is 8. The number of aromatic nitrogens is 2. The molecular formula is C20H25ClN4O3S. The highest BCUT2D eigenvalue weighted by molar-refractivity contribution is 7.80. The molecule has 0 spiro atoms. The second-order valence-corrected chi connectivity index (χ2v) is 8.95. The lowest BCUT2D eigenvalue weighted by Crippen LogP contribution is -2.35. The SMILES string of the molecule is O=S(O)Nc1ccc(OC[C@H]2C[C@@H]2CC2CCN(c3ncc(Cl)cn3)CC2)cc1. The number of anilines is 2. The van der Waals surface area contributed by atoms with E-state index in [2.05, 4.69) is 19.6 Å². The first kappa shape index (κ1) is 20.4. The van der Waals surface area contributed by atoms with Crippen molar-refractivity contribution < 1.29 is 13.5 Å². The molecule has 2 aromatic rings. The molecule has 2 heterocycles. The normalized spacial score (nSPS) is 22.9. The van der Waals surface area contributed by atoms with E-state index in [-0.39, 0.29) is 0 Å². The van der Waals surface area contributed by atoms with Gasteiger partial charge < -0.3 is 9.64 Å². The molecule has 3 atom stereocenters. The van der Waals surface area contributed by atoms with E-state index < -0.39 is 11.3 Å². The maximum absolute atomic E-state index is 10.7. The molecule has 2 fully saturated rings. The number of hydrogen-bond donors (Lipinski definition) is 2. The fourth-order valence-corrected chi connectivity index (χ4v) is 4.43. The van der Waals surface area contributed by atoms with Crippen molar-refractivity contribution in [2.24, 2.45) is 17.8 Å². The third kappa shape index (κ3) is 5.81. The molecule has 1 aliphatic carbocycles. The Kier molecular flexibility index (Phi) is 6.52. The molecule has 1 saturated heterocycles. The minimum absolute atomic E-state index is 0.569. The van der Waals surface area contributed by atoms with Crippen molar-refractivity contribution in [3.8, 4) is 5.75 Å². The molecule has 4 rings (SSSR count). The molecule has 2 aliphatic rings. The summed E-state index contributed by atoms with van der Waals surface area (Å²) in [6.45, 7) is 2.74. The largest absolute Gasteiger partial charge is 0.493 e. The van der Waals surface area contributed by atoms with Gasteiger partial charge in [-0.15, -0.1) is 0 Å². The van der Waals surface area contributed by atoms with Crippen LogP contribution in [0.2, 0.25) is 5.02 Å². The Morgan fingerprint density at radius 1 is 1.17 bits per heavy atom. The number of nitrogens with zero attached hydrogens (tertiary/aromatic N) is 3. The van der Waals surface area contributed by atoms with E-state index >= 15 is 0 Å². The topological polar surface area (TPSA) is 87.6 Å². The van der Waals surface area contributed by atoms with Crippen LogP contribution in [0, 0.1) is 17.8 Å². The molecule has 0 amide bonds. The summed E-state index contributed by atoms with van der Waals surface area (Å²) in [6, 6.07) is 7.13. The third-order valence-corrected chi connectivity index (χ3v) is 6.34. The van der Waals surface area contributed by atoms with Gasteiger partial charge in [0.2, 0.25) is 5.95 Å². The van der Waals surface area contributed by atoms with Crippen molar-refractivity contribution in [2.45, 2.75) is 25.7 Å². The second-order valence-electron chi connectivity index (χ2n) is 7.81. The number of nitrogens with one attached hydrogen (secondary N) is 1. The highest BCUT2D eigenvalue weighted by atomic mass is 35.5. The fraction of sp³-hybridized carbons (Fsp3) is 0.500. The first-order valence-electron chi connectivity index (χ1n) is 9.89. The van der Waals surface area contributed by atoms with Crippen molar-refractivity contribution in [3.05, 3.63) is 41.7 Å². The molecule has 9 heteroatoms. The van der Waals surface area contributed by atoms with Crippen LogP contribution < -0.4 is 14.4 Å². The lowest BCUT2D eigenvalue weighted by atomic mass is 9.91. The fourth-order valence-electron chi connectivity index (χ4n) is 3.99. The van der Waals surface area contributed by atoms with Crippen molar-refractivity contribution in [3.63, 3.8) is 0 Å². The average molecular weight is 437 g/mol. The Balaban J connectivity index is 1.15. The minimum atomic E-state index is -2.05. The summed E-state index contributed by atoms with van der Waals surface area (Å²) in [5.41, 5.74) is 0.595. The van der Waals surface area contributed by atoms with Crippen LogP contribution in [-0.2, 0) is 11.3 Å². The quantitative estimate of drug-likeness (QED) is 0.608. The van der Waals surface area contributed by atoms with Gasteiger partial charge in [-0.05, 0) is 67.7 Å². The number of piperidine rings is 1. The molecule has 1 unspecified atom stereocenters. The van der Waals surface area contributed by atoms with Crippen molar-refractivity contribution in [2.75, 3.05) is 29.3 Å². The predicted octanol–water partition coefficient (Wildman–Crippen LogP) is 4.00. The summed E-state index contributed by atoms with van der Waals surface area (Å²) >= 11 is 3.81. The molecule has 1 aromatic carbocycles. The maximum Gasteiger partial charge on any atom is 0.259 e. The van der Waals surface area contributed by atoms with E-state index in [1.54, 1.807) is 24.5 Å². The van der Waals surface area contributed by atoms with Gasteiger partial charge in [0.15, 0.2) is 0 Å². The molecule has 2 N–H and O–H groups in total. The lowest BCUT2D eigenvalue weighted by molar-refractivity contribution is 0.279. The monoisotopic (exact) mass is 436 g/mol. The first-order chi connectivity index (χ1) is 14.1. The van der Waals surface area contributed by atoms with Crippen LogP contribution in [0.15, 0.2) is 36.7 Å². The van der Waals surface area contributed by atoms with Crippen LogP contribution in [0.4, 0.5) is 11.6 Å². The summed E-state index contributed by atoms with van der Waals surface area (Å²) < 4.78 is 27.9. The smallest absolute Gasteiger partial charge is 0.259 e. The van der Waals surface area contributed by atoms with E-state index in [9.17, 15) is 4.21 Å². The van der Waals surface area contributed by atoms with Gasteiger partial charge in [0, 0.05) is 18.8 Å². The van der Waals surface area contributed by atoms with Gasteiger partial charge in [0.1, 0.15) is 5.75 Å². The van der Waals surface area contributed by atoms with Crippen molar-refractivity contribution in [1.82, 2.24) is 9.97 Å². The summed E-state index contributed by atoms with van der Waals surface area (Å²) in [4.78, 5) is 10.9. The van der Waals surface area contributed by atoms with Crippen LogP contribution in [0.1, 0.15) is 25.7 Å². The number of hydrogen-bond acceptors (Lipinski definition) is 5. The van der Waals surface area contributed by atoms with Crippen LogP contribution in [-0.4, -0.2) is 38.4 Å². The van der Waals surface area contributed by atoms with Gasteiger partial charge >= 0.3 is 0 Å². The van der Waals surface area contributed by atoms with E-state index in [4.69, 9.17) is 20.9 Å². The molecule has 156 valence electrons. The standard InChI is InChI=1S/C20H25ClN4O3S/c21-17-11-22-20(23-12-17)25-7-5-14(6-8-25)9-15-10-16(15)13-28-19-3-1-18(2-4-19)24-29(26)27/h1-4,11-12,14-16,24H,5-10,13H2,(H,26,27)/t15-,16+/m0/s1. The Hall–Kier alpha value is -1.90. The highest BCUT2D eigenvalue weighted by Crippen LogP contribution is 2.45. The Morgan fingerprint density at radius 3 is 2.52 bits per heavy atom. The molecule has 0 bridgehead atoms. The molecule has 7 nitrogen and oxygen atoms in total. The van der Waals surface area contributed by atoms with Gasteiger partial charge in [0.25, 0.3) is 11.3 Å². The zero-order valence-electron chi connectivity index (χ0n) is 16.0. The Bertz CT molecular complexity index is 829. The average Bonchev–Trinajstić information content (AvgIpc) is 3.46. The van der Waals surface area contributed by atoms with Gasteiger partial charge in [0.05, 0.1) is 24.0 Å². The van der Waals surface area contributed by atoms with Crippen LogP contribution in [0.3, 0.4) is 0 Å². The molecule has 29 heavy (non-hydrogen) atoms. The van der Waals surface area contributed by atoms with Crippen LogP contribution in [0.25, 0.3) is 0 Å². The van der Waals surface area contributed by atoms with E-state index in [0.29, 0.717) is 16.6 Å². The summed E-state index contributed by atoms with van der Waals surface area (Å²) in [5.74, 6) is 3.72. The Labute approximate surface area is 178 Å². The van der Waals surface area contributed by atoms with Crippen molar-refractivity contribution >= 4 is 34.5 Å². The van der Waals surface area contributed by atoms with E-state index in [1.165, 1.54) is 25.7 Å². The molecular weight excluding hydrogens is 412 g/mol. The third-order valence-electron chi connectivity index (χ3n) is 5.73. The first-order valence-corrected chi connectivity index (χ1v) is 11.4. The highest BCUT2D eigenvalue weighted by Gasteiger charge is 2.39. The zero-order chi connectivity index (χ0) is 20.2. The summed E-state index contributed by atoms with van der Waals surface area (Å²) in [7, 11) is 0.